The number of nitrogens with zero attached hydrogens (tertiary/aromatic N) is 2. The van der Waals surface area contributed by atoms with E-state index in [1.165, 1.54) is 0 Å². The number of aromatic amines is 1. The van der Waals surface area contributed by atoms with Gasteiger partial charge in [0.2, 0.25) is 0 Å². The third kappa shape index (κ3) is 2.32. The van der Waals surface area contributed by atoms with Gasteiger partial charge in [-0.1, -0.05) is 20.8 Å². The first-order chi connectivity index (χ1) is 8.97. The Bertz CT molecular complexity index is 469. The molecular formula is C13H22N4O2. The standard InChI is InChI=1S/C13H22N4O2/c1-7(2)11-10(14)12(16-15-11)13(19)17-5-4-8(3)9(17)6-18/h7-9,18H,4-6,14H2,1-3H3,(H,15,16). The topological polar surface area (TPSA) is 95.2 Å². The van der Waals surface area contributed by atoms with Gasteiger partial charge >= 0.3 is 0 Å². The fourth-order valence-corrected chi connectivity index (χ4v) is 2.64. The zero-order valence-corrected chi connectivity index (χ0v) is 11.7. The molecule has 0 spiro atoms. The minimum Gasteiger partial charge on any atom is -0.395 e. The first-order valence-corrected chi connectivity index (χ1v) is 6.72. The molecule has 106 valence electrons. The monoisotopic (exact) mass is 266 g/mol. The number of nitrogens with two attached hydrogens (primary N) is 1. The second-order valence-electron chi connectivity index (χ2n) is 5.57. The van der Waals surface area contributed by atoms with E-state index >= 15 is 0 Å². The molecule has 2 atom stereocenters. The summed E-state index contributed by atoms with van der Waals surface area (Å²) in [6.07, 6.45) is 0.901. The smallest absolute Gasteiger partial charge is 0.276 e. The molecule has 0 aromatic carbocycles. The summed E-state index contributed by atoms with van der Waals surface area (Å²) in [6, 6.07) is -0.133. The van der Waals surface area contributed by atoms with Gasteiger partial charge in [-0.2, -0.15) is 5.10 Å². The number of hydrogen-bond donors (Lipinski definition) is 3. The van der Waals surface area contributed by atoms with Crippen molar-refractivity contribution in [1.29, 1.82) is 0 Å². The number of H-pyrrole nitrogens is 1. The molecular weight excluding hydrogens is 244 g/mol. The largest absolute Gasteiger partial charge is 0.395 e. The summed E-state index contributed by atoms with van der Waals surface area (Å²) in [7, 11) is 0. The number of amides is 1. The van der Waals surface area contributed by atoms with E-state index < -0.39 is 0 Å². The van der Waals surface area contributed by atoms with Crippen molar-refractivity contribution in [3.63, 3.8) is 0 Å². The number of nitrogens with one attached hydrogen (secondary N) is 1. The zero-order chi connectivity index (χ0) is 14.2. The maximum atomic E-state index is 12.5. The third-order valence-corrected chi connectivity index (χ3v) is 3.94. The van der Waals surface area contributed by atoms with Crippen molar-refractivity contribution >= 4 is 11.6 Å². The number of anilines is 1. The van der Waals surface area contributed by atoms with Gasteiger partial charge in [-0.3, -0.25) is 9.89 Å². The molecule has 0 aliphatic carbocycles. The van der Waals surface area contributed by atoms with Crippen LogP contribution in [0.3, 0.4) is 0 Å². The SMILES string of the molecule is CC(C)c1[nH]nc(C(=O)N2CCC(C)C2CO)c1N. The van der Waals surface area contributed by atoms with Crippen molar-refractivity contribution < 1.29 is 9.90 Å². The molecule has 1 aromatic heterocycles. The Balaban J connectivity index is 2.25. The summed E-state index contributed by atoms with van der Waals surface area (Å²) in [5, 5.41) is 16.3. The molecule has 1 aliphatic rings. The first kappa shape index (κ1) is 13.9. The number of carbonyl (C=O) groups is 1. The highest BCUT2D eigenvalue weighted by Crippen LogP contribution is 2.28. The molecule has 0 radical (unpaired) electrons. The first-order valence-electron chi connectivity index (χ1n) is 6.72. The second-order valence-corrected chi connectivity index (χ2v) is 5.57. The van der Waals surface area contributed by atoms with Gasteiger partial charge in [0, 0.05) is 6.54 Å². The zero-order valence-electron chi connectivity index (χ0n) is 11.7. The van der Waals surface area contributed by atoms with Gasteiger partial charge in [0.15, 0.2) is 5.69 Å². The summed E-state index contributed by atoms with van der Waals surface area (Å²) in [5.41, 5.74) is 7.48. The molecule has 2 rings (SSSR count). The Kier molecular flexibility index (Phi) is 3.80. The molecule has 6 heteroatoms. The number of aromatic nitrogens is 2. The molecule has 1 saturated heterocycles. The molecule has 1 aliphatic heterocycles. The number of aliphatic hydroxyl groups excluding tert-OH is 1. The van der Waals surface area contributed by atoms with E-state index in [4.69, 9.17) is 5.73 Å². The molecule has 19 heavy (non-hydrogen) atoms. The van der Waals surface area contributed by atoms with Crippen LogP contribution in [-0.4, -0.2) is 45.3 Å². The van der Waals surface area contributed by atoms with Gasteiger partial charge in [-0.25, -0.2) is 0 Å². The van der Waals surface area contributed by atoms with Gasteiger partial charge in [-0.15, -0.1) is 0 Å². The molecule has 2 unspecified atom stereocenters. The van der Waals surface area contributed by atoms with Crippen molar-refractivity contribution in [1.82, 2.24) is 15.1 Å². The quantitative estimate of drug-likeness (QED) is 0.759. The van der Waals surface area contributed by atoms with Crippen LogP contribution in [0.5, 0.6) is 0 Å². The van der Waals surface area contributed by atoms with Crippen LogP contribution >= 0.6 is 0 Å². The minimum atomic E-state index is -0.191. The van der Waals surface area contributed by atoms with E-state index in [0.717, 1.165) is 12.1 Å². The van der Waals surface area contributed by atoms with Gasteiger partial charge in [0.25, 0.3) is 5.91 Å². The van der Waals surface area contributed by atoms with Crippen LogP contribution in [0.15, 0.2) is 0 Å². The number of rotatable bonds is 3. The summed E-state index contributed by atoms with van der Waals surface area (Å²) in [6.45, 7) is 6.66. The maximum absolute atomic E-state index is 12.5. The number of nitrogen functional groups attached to an aromatic ring is 1. The van der Waals surface area contributed by atoms with Crippen LogP contribution in [-0.2, 0) is 0 Å². The highest BCUT2D eigenvalue weighted by Gasteiger charge is 2.36. The van der Waals surface area contributed by atoms with Gasteiger partial charge in [0.1, 0.15) is 0 Å². The Morgan fingerprint density at radius 1 is 1.63 bits per heavy atom. The normalized spacial score (nSPS) is 23.3. The Morgan fingerprint density at radius 3 is 2.84 bits per heavy atom. The average molecular weight is 266 g/mol. The molecule has 4 N–H and O–H groups in total. The molecule has 0 saturated carbocycles. The highest BCUT2D eigenvalue weighted by atomic mass is 16.3. The van der Waals surface area contributed by atoms with Crippen molar-refractivity contribution in [2.45, 2.75) is 39.2 Å². The maximum Gasteiger partial charge on any atom is 0.276 e. The van der Waals surface area contributed by atoms with Crippen molar-refractivity contribution in [3.8, 4) is 0 Å². The van der Waals surface area contributed by atoms with Crippen LogP contribution in [0.4, 0.5) is 5.69 Å². The molecule has 1 fully saturated rings. The van der Waals surface area contributed by atoms with Crippen LogP contribution in [0.25, 0.3) is 0 Å². The highest BCUT2D eigenvalue weighted by molar-refractivity contribution is 5.98. The van der Waals surface area contributed by atoms with E-state index in [1.54, 1.807) is 4.90 Å². The third-order valence-electron chi connectivity index (χ3n) is 3.94. The van der Waals surface area contributed by atoms with Crippen molar-refractivity contribution in [2.75, 3.05) is 18.9 Å². The molecule has 2 heterocycles. The predicted octanol–water partition coefficient (Wildman–Crippen LogP) is 0.958. The summed E-state index contributed by atoms with van der Waals surface area (Å²) in [4.78, 5) is 14.2. The number of carbonyl (C=O) groups excluding carboxylic acids is 1. The Morgan fingerprint density at radius 2 is 2.32 bits per heavy atom. The number of likely N-dealkylation sites (tertiary alicyclic amines) is 1. The Hall–Kier alpha value is -1.56. The average Bonchev–Trinajstić information content (AvgIpc) is 2.91. The van der Waals surface area contributed by atoms with Crippen molar-refractivity contribution in [3.05, 3.63) is 11.4 Å². The fraction of sp³-hybridized carbons (Fsp3) is 0.692. The number of aliphatic hydroxyl groups is 1. The van der Waals surface area contributed by atoms with Gasteiger partial charge < -0.3 is 15.7 Å². The van der Waals surface area contributed by atoms with E-state index in [9.17, 15) is 9.90 Å². The van der Waals surface area contributed by atoms with Crippen molar-refractivity contribution in [2.24, 2.45) is 5.92 Å². The predicted molar refractivity (Wildman–Crippen MR) is 72.8 cm³/mol. The van der Waals surface area contributed by atoms with Crippen LogP contribution in [0.1, 0.15) is 49.3 Å². The van der Waals surface area contributed by atoms with E-state index in [-0.39, 0.29) is 30.2 Å². The second kappa shape index (κ2) is 5.21. The Labute approximate surface area is 113 Å². The fourth-order valence-electron chi connectivity index (χ4n) is 2.64. The van der Waals surface area contributed by atoms with Gasteiger partial charge in [-0.05, 0) is 18.3 Å². The molecule has 0 bridgehead atoms. The molecule has 6 nitrogen and oxygen atoms in total. The van der Waals surface area contributed by atoms with Crippen LogP contribution in [0.2, 0.25) is 0 Å². The lowest BCUT2D eigenvalue weighted by Crippen LogP contribution is -2.40. The molecule has 1 amide bonds. The lowest BCUT2D eigenvalue weighted by molar-refractivity contribution is 0.0643. The van der Waals surface area contributed by atoms with Gasteiger partial charge in [0.05, 0.1) is 24.0 Å². The summed E-state index contributed by atoms with van der Waals surface area (Å²) < 4.78 is 0. The van der Waals surface area contributed by atoms with Crippen LogP contribution < -0.4 is 5.73 Å². The lowest BCUT2D eigenvalue weighted by atomic mass is 10.0. The lowest BCUT2D eigenvalue weighted by Gasteiger charge is -2.24. The summed E-state index contributed by atoms with van der Waals surface area (Å²) in [5.74, 6) is 0.308. The van der Waals surface area contributed by atoms with Crippen LogP contribution in [0, 0.1) is 5.92 Å². The van der Waals surface area contributed by atoms with E-state index in [2.05, 4.69) is 10.2 Å². The van der Waals surface area contributed by atoms with E-state index in [1.807, 2.05) is 20.8 Å². The van der Waals surface area contributed by atoms with E-state index in [0.29, 0.717) is 18.2 Å². The number of hydrogen-bond acceptors (Lipinski definition) is 4. The summed E-state index contributed by atoms with van der Waals surface area (Å²) >= 11 is 0. The minimum absolute atomic E-state index is 0.0196. The molecule has 1 aromatic rings.